The van der Waals surface area contributed by atoms with Crippen molar-refractivity contribution in [3.63, 3.8) is 0 Å². The van der Waals surface area contributed by atoms with Crippen LogP contribution in [0.4, 0.5) is 0 Å². The molecule has 1 aliphatic rings. The summed E-state index contributed by atoms with van der Waals surface area (Å²) in [5.41, 5.74) is 5.12. The highest BCUT2D eigenvalue weighted by Gasteiger charge is 2.12. The van der Waals surface area contributed by atoms with E-state index < -0.39 is 0 Å². The van der Waals surface area contributed by atoms with Crippen LogP contribution in [0.2, 0.25) is 10.0 Å². The van der Waals surface area contributed by atoms with Crippen molar-refractivity contribution in [1.82, 2.24) is 9.88 Å². The average molecular weight is 413 g/mol. The first-order chi connectivity index (χ1) is 13.7. The lowest BCUT2D eigenvalue weighted by Gasteiger charge is -2.12. The van der Waals surface area contributed by atoms with Gasteiger partial charge in [-0.15, -0.1) is 0 Å². The number of benzene rings is 2. The van der Waals surface area contributed by atoms with Gasteiger partial charge in [0.2, 0.25) is 0 Å². The SMILES string of the molecule is Clc1cccc(Cl)c1Cn1cc(CNCCC2=CCCCC2)c2ccccc21. The summed E-state index contributed by atoms with van der Waals surface area (Å²) in [5.74, 6) is 0. The van der Waals surface area contributed by atoms with Crippen LogP contribution in [0.25, 0.3) is 10.9 Å². The lowest BCUT2D eigenvalue weighted by Crippen LogP contribution is -2.15. The topological polar surface area (TPSA) is 17.0 Å². The molecule has 3 aromatic rings. The molecular formula is C24H26Cl2N2. The van der Waals surface area contributed by atoms with Gasteiger partial charge in [0, 0.05) is 39.3 Å². The Morgan fingerprint density at radius 1 is 0.964 bits per heavy atom. The maximum absolute atomic E-state index is 6.40. The van der Waals surface area contributed by atoms with Crippen molar-refractivity contribution in [3.8, 4) is 0 Å². The molecule has 28 heavy (non-hydrogen) atoms. The molecule has 1 N–H and O–H groups in total. The molecule has 0 unspecified atom stereocenters. The molecule has 4 rings (SSSR count). The maximum atomic E-state index is 6.40. The summed E-state index contributed by atoms with van der Waals surface area (Å²) >= 11 is 12.8. The zero-order valence-corrected chi connectivity index (χ0v) is 17.6. The van der Waals surface area contributed by atoms with E-state index in [0.717, 1.165) is 25.1 Å². The highest BCUT2D eigenvalue weighted by atomic mass is 35.5. The predicted molar refractivity (Wildman–Crippen MR) is 120 cm³/mol. The lowest BCUT2D eigenvalue weighted by molar-refractivity contribution is 0.632. The second kappa shape index (κ2) is 9.17. The largest absolute Gasteiger partial charge is 0.343 e. The number of hydrogen-bond donors (Lipinski definition) is 1. The van der Waals surface area contributed by atoms with Gasteiger partial charge in [0.15, 0.2) is 0 Å². The van der Waals surface area contributed by atoms with Gasteiger partial charge >= 0.3 is 0 Å². The molecule has 1 aromatic heterocycles. The minimum atomic E-state index is 0.673. The zero-order chi connectivity index (χ0) is 19.3. The molecule has 0 amide bonds. The molecule has 2 nitrogen and oxygen atoms in total. The van der Waals surface area contributed by atoms with Gasteiger partial charge in [-0.25, -0.2) is 0 Å². The third-order valence-electron chi connectivity index (χ3n) is 5.58. The summed E-state index contributed by atoms with van der Waals surface area (Å²) in [4.78, 5) is 0. The Kier molecular flexibility index (Phi) is 6.41. The van der Waals surface area contributed by atoms with Crippen LogP contribution in [-0.2, 0) is 13.1 Å². The van der Waals surface area contributed by atoms with Gasteiger partial charge in [-0.2, -0.15) is 0 Å². The van der Waals surface area contributed by atoms with E-state index in [1.165, 1.54) is 42.1 Å². The fourth-order valence-corrected chi connectivity index (χ4v) is 4.57. The van der Waals surface area contributed by atoms with Gasteiger partial charge in [0.25, 0.3) is 0 Å². The molecule has 0 fully saturated rings. The van der Waals surface area contributed by atoms with Crippen molar-refractivity contribution in [2.75, 3.05) is 6.54 Å². The number of allylic oxidation sites excluding steroid dienone is 1. The molecule has 0 atom stereocenters. The normalized spacial score (nSPS) is 14.4. The van der Waals surface area contributed by atoms with E-state index in [1.807, 2.05) is 18.2 Å². The molecule has 0 saturated heterocycles. The van der Waals surface area contributed by atoms with Gasteiger partial charge in [0.05, 0.1) is 6.54 Å². The van der Waals surface area contributed by atoms with E-state index in [2.05, 4.69) is 46.4 Å². The van der Waals surface area contributed by atoms with Crippen molar-refractivity contribution in [3.05, 3.63) is 81.5 Å². The first-order valence-electron chi connectivity index (χ1n) is 10.1. The van der Waals surface area contributed by atoms with Gasteiger partial charge in [0.1, 0.15) is 0 Å². The lowest BCUT2D eigenvalue weighted by atomic mass is 9.97. The summed E-state index contributed by atoms with van der Waals surface area (Å²) < 4.78 is 2.25. The van der Waals surface area contributed by atoms with Crippen LogP contribution in [0, 0.1) is 0 Å². The molecule has 4 heteroatoms. The van der Waals surface area contributed by atoms with E-state index in [9.17, 15) is 0 Å². The average Bonchev–Trinajstić information content (AvgIpc) is 3.07. The monoisotopic (exact) mass is 412 g/mol. The Morgan fingerprint density at radius 3 is 2.57 bits per heavy atom. The van der Waals surface area contributed by atoms with Crippen molar-refractivity contribution >= 4 is 34.1 Å². The number of hydrogen-bond acceptors (Lipinski definition) is 1. The molecule has 0 bridgehead atoms. The fourth-order valence-electron chi connectivity index (χ4n) is 4.05. The molecule has 1 heterocycles. The molecule has 146 valence electrons. The maximum Gasteiger partial charge on any atom is 0.0505 e. The van der Waals surface area contributed by atoms with Crippen molar-refractivity contribution in [2.24, 2.45) is 0 Å². The van der Waals surface area contributed by atoms with Crippen molar-refractivity contribution < 1.29 is 0 Å². The van der Waals surface area contributed by atoms with Crippen LogP contribution in [0.1, 0.15) is 43.2 Å². The van der Waals surface area contributed by atoms with Crippen LogP contribution < -0.4 is 5.32 Å². The van der Waals surface area contributed by atoms with Gasteiger partial charge in [-0.1, -0.05) is 59.1 Å². The third kappa shape index (κ3) is 4.46. The molecule has 1 aliphatic carbocycles. The Bertz CT molecular complexity index is 967. The fraction of sp³-hybridized carbons (Fsp3) is 0.333. The molecule has 0 radical (unpaired) electrons. The van der Waals surface area contributed by atoms with Crippen molar-refractivity contribution in [2.45, 2.75) is 45.2 Å². The van der Waals surface area contributed by atoms with Crippen molar-refractivity contribution in [1.29, 1.82) is 0 Å². The second-order valence-electron chi connectivity index (χ2n) is 7.53. The molecule has 0 aliphatic heterocycles. The van der Waals surface area contributed by atoms with Gasteiger partial charge in [-0.05, 0) is 62.4 Å². The van der Waals surface area contributed by atoms with E-state index in [4.69, 9.17) is 23.2 Å². The van der Waals surface area contributed by atoms with Crippen LogP contribution in [0.3, 0.4) is 0 Å². The first kappa shape index (κ1) is 19.6. The summed E-state index contributed by atoms with van der Waals surface area (Å²) in [6, 6.07) is 14.2. The number of nitrogens with one attached hydrogen (secondary N) is 1. The quantitative estimate of drug-likeness (QED) is 0.327. The molecule has 2 aromatic carbocycles. The van der Waals surface area contributed by atoms with Gasteiger partial charge < -0.3 is 9.88 Å². The van der Waals surface area contributed by atoms with E-state index in [1.54, 1.807) is 5.57 Å². The number of fused-ring (bicyclic) bond motifs is 1. The number of rotatable bonds is 7. The summed E-state index contributed by atoms with van der Waals surface area (Å²) in [6.45, 7) is 2.57. The van der Waals surface area contributed by atoms with E-state index >= 15 is 0 Å². The first-order valence-corrected chi connectivity index (χ1v) is 10.9. The molecule has 0 saturated carbocycles. The number of nitrogens with zero attached hydrogens (tertiary/aromatic N) is 1. The number of halogens is 2. The Balaban J connectivity index is 1.49. The number of para-hydroxylation sites is 1. The van der Waals surface area contributed by atoms with Crippen LogP contribution in [0.5, 0.6) is 0 Å². The van der Waals surface area contributed by atoms with Crippen LogP contribution in [-0.4, -0.2) is 11.1 Å². The highest BCUT2D eigenvalue weighted by molar-refractivity contribution is 6.36. The minimum absolute atomic E-state index is 0.673. The Labute approximate surface area is 177 Å². The highest BCUT2D eigenvalue weighted by Crippen LogP contribution is 2.28. The smallest absolute Gasteiger partial charge is 0.0505 e. The van der Waals surface area contributed by atoms with E-state index in [0.29, 0.717) is 16.6 Å². The minimum Gasteiger partial charge on any atom is -0.343 e. The van der Waals surface area contributed by atoms with Gasteiger partial charge in [-0.3, -0.25) is 0 Å². The Morgan fingerprint density at radius 2 is 1.79 bits per heavy atom. The van der Waals surface area contributed by atoms with Crippen LogP contribution in [0.15, 0.2) is 60.3 Å². The van der Waals surface area contributed by atoms with E-state index in [-0.39, 0.29) is 0 Å². The molecule has 0 spiro atoms. The molecular weight excluding hydrogens is 387 g/mol. The Hall–Kier alpha value is -1.74. The van der Waals surface area contributed by atoms with Crippen LogP contribution >= 0.6 is 23.2 Å². The summed E-state index contributed by atoms with van der Waals surface area (Å²) in [7, 11) is 0. The zero-order valence-electron chi connectivity index (χ0n) is 16.1. The summed E-state index contributed by atoms with van der Waals surface area (Å²) in [5, 5.41) is 6.35. The third-order valence-corrected chi connectivity index (χ3v) is 6.29. The summed E-state index contributed by atoms with van der Waals surface area (Å²) in [6.07, 6.45) is 11.1. The predicted octanol–water partition coefficient (Wildman–Crippen LogP) is 6.98. The number of aromatic nitrogens is 1. The standard InChI is InChI=1S/C24H26Cl2N2/c25-22-10-6-11-23(26)21(22)17-28-16-19(20-9-4-5-12-24(20)28)15-27-14-13-18-7-2-1-3-8-18/h4-7,9-12,16,27H,1-3,8,13-15,17H2. The second-order valence-corrected chi connectivity index (χ2v) is 8.35.